The molecule has 2 fully saturated rings. The maximum Gasteiger partial charge on any atom is 0.497 e. The lowest BCUT2D eigenvalue weighted by Crippen LogP contribution is -2.41. The van der Waals surface area contributed by atoms with Gasteiger partial charge in [-0.2, -0.15) is 0 Å². The Morgan fingerprint density at radius 3 is 2.15 bits per heavy atom. The lowest BCUT2D eigenvalue weighted by molar-refractivity contribution is 0.00578. The molecule has 1 aliphatic heterocycles. The molecule has 1 aliphatic carbocycles. The van der Waals surface area contributed by atoms with Gasteiger partial charge in [0.15, 0.2) is 0 Å². The third-order valence-electron chi connectivity index (χ3n) is 4.86. The molecule has 2 aliphatic rings. The summed E-state index contributed by atoms with van der Waals surface area (Å²) in [5.41, 5.74) is 1.57. The van der Waals surface area contributed by atoms with Crippen LogP contribution >= 0.6 is 0 Å². The SMILES string of the molecule is Cc1cc(C2CC2)cc(B2OC(C)(C)C(C)(C)O2)c1F. The highest BCUT2D eigenvalue weighted by atomic mass is 19.1. The van der Waals surface area contributed by atoms with E-state index < -0.39 is 18.3 Å². The van der Waals surface area contributed by atoms with Gasteiger partial charge < -0.3 is 9.31 Å². The minimum atomic E-state index is -0.614. The van der Waals surface area contributed by atoms with Crippen molar-refractivity contribution in [3.8, 4) is 0 Å². The second-order valence-electron chi connectivity index (χ2n) is 7.10. The van der Waals surface area contributed by atoms with Gasteiger partial charge >= 0.3 is 7.12 Å². The zero-order chi connectivity index (χ0) is 14.7. The van der Waals surface area contributed by atoms with E-state index in [0.29, 0.717) is 16.9 Å². The first-order chi connectivity index (χ1) is 9.21. The van der Waals surface area contributed by atoms with Gasteiger partial charge in [-0.15, -0.1) is 0 Å². The molecule has 2 nitrogen and oxygen atoms in total. The molecule has 0 amide bonds. The molecule has 1 aromatic carbocycles. The highest BCUT2D eigenvalue weighted by Crippen LogP contribution is 2.41. The molecule has 0 N–H and O–H groups in total. The first kappa shape index (κ1) is 14.1. The van der Waals surface area contributed by atoms with Gasteiger partial charge in [-0.3, -0.25) is 0 Å². The van der Waals surface area contributed by atoms with E-state index in [9.17, 15) is 4.39 Å². The first-order valence-corrected chi connectivity index (χ1v) is 7.37. The van der Waals surface area contributed by atoms with Crippen molar-refractivity contribution in [3.63, 3.8) is 0 Å². The van der Waals surface area contributed by atoms with E-state index in [1.165, 1.54) is 18.4 Å². The normalized spacial score (nSPS) is 24.2. The molecule has 3 rings (SSSR count). The molecule has 1 saturated heterocycles. The predicted octanol–water partition coefficient (Wildman–Crippen LogP) is 3.31. The summed E-state index contributed by atoms with van der Waals surface area (Å²) >= 11 is 0. The van der Waals surface area contributed by atoms with E-state index >= 15 is 0 Å². The van der Waals surface area contributed by atoms with Crippen molar-refractivity contribution < 1.29 is 13.7 Å². The Morgan fingerprint density at radius 1 is 1.10 bits per heavy atom. The Kier molecular flexibility index (Phi) is 3.04. The molecular formula is C16H22BFO2. The second kappa shape index (κ2) is 4.31. The van der Waals surface area contributed by atoms with Crippen LogP contribution in [0, 0.1) is 12.7 Å². The zero-order valence-corrected chi connectivity index (χ0v) is 12.9. The Morgan fingerprint density at radius 2 is 1.65 bits per heavy atom. The van der Waals surface area contributed by atoms with Crippen molar-refractivity contribution >= 4 is 12.6 Å². The highest BCUT2D eigenvalue weighted by Gasteiger charge is 2.52. The number of halogens is 1. The van der Waals surface area contributed by atoms with Crippen molar-refractivity contribution in [1.82, 2.24) is 0 Å². The molecule has 1 heterocycles. The molecule has 0 radical (unpaired) electrons. The monoisotopic (exact) mass is 276 g/mol. The quantitative estimate of drug-likeness (QED) is 0.771. The molecule has 0 bridgehead atoms. The minimum absolute atomic E-state index is 0.201. The fourth-order valence-corrected chi connectivity index (χ4v) is 2.62. The Bertz CT molecular complexity index is 534. The minimum Gasteiger partial charge on any atom is -0.399 e. The summed E-state index contributed by atoms with van der Waals surface area (Å²) < 4.78 is 26.4. The fourth-order valence-electron chi connectivity index (χ4n) is 2.62. The number of rotatable bonds is 2. The molecule has 0 aromatic heterocycles. The lowest BCUT2D eigenvalue weighted by Gasteiger charge is -2.32. The van der Waals surface area contributed by atoms with Crippen LogP contribution in [0.2, 0.25) is 0 Å². The molecule has 108 valence electrons. The second-order valence-corrected chi connectivity index (χ2v) is 7.10. The Hall–Kier alpha value is -0.865. The van der Waals surface area contributed by atoms with Crippen LogP contribution in [0.4, 0.5) is 4.39 Å². The average molecular weight is 276 g/mol. The number of benzene rings is 1. The summed E-state index contributed by atoms with van der Waals surface area (Å²) in [5, 5.41) is 0. The molecular weight excluding hydrogens is 254 g/mol. The molecule has 1 saturated carbocycles. The number of hydrogen-bond donors (Lipinski definition) is 0. The van der Waals surface area contributed by atoms with Gasteiger partial charge in [0.1, 0.15) is 5.82 Å². The van der Waals surface area contributed by atoms with Gasteiger partial charge in [-0.1, -0.05) is 12.1 Å². The summed E-state index contributed by atoms with van der Waals surface area (Å²) in [6.45, 7) is 9.77. The zero-order valence-electron chi connectivity index (χ0n) is 12.9. The molecule has 1 aromatic rings. The van der Waals surface area contributed by atoms with E-state index in [2.05, 4.69) is 0 Å². The van der Waals surface area contributed by atoms with Gasteiger partial charge in [0, 0.05) is 5.46 Å². The van der Waals surface area contributed by atoms with Crippen LogP contribution in [-0.2, 0) is 9.31 Å². The first-order valence-electron chi connectivity index (χ1n) is 7.37. The topological polar surface area (TPSA) is 18.5 Å². The van der Waals surface area contributed by atoms with Crippen molar-refractivity contribution in [3.05, 3.63) is 29.1 Å². The summed E-state index contributed by atoms with van der Waals surface area (Å²) in [6, 6.07) is 3.89. The molecule has 0 atom stereocenters. The standard InChI is InChI=1S/C16H22BFO2/c1-10-8-12(11-6-7-11)9-13(14(10)18)17-19-15(2,3)16(4,5)20-17/h8-9,11H,6-7H2,1-5H3. The predicted molar refractivity (Wildman–Crippen MR) is 78.8 cm³/mol. The van der Waals surface area contributed by atoms with Gasteiger partial charge in [-0.05, 0) is 64.5 Å². The largest absolute Gasteiger partial charge is 0.497 e. The summed E-state index contributed by atoms with van der Waals surface area (Å²) in [4.78, 5) is 0. The average Bonchev–Trinajstić information content (AvgIpc) is 3.11. The van der Waals surface area contributed by atoms with E-state index in [1.807, 2.05) is 46.8 Å². The Balaban J connectivity index is 1.98. The van der Waals surface area contributed by atoms with Crippen LogP contribution < -0.4 is 5.46 Å². The molecule has 20 heavy (non-hydrogen) atoms. The van der Waals surface area contributed by atoms with E-state index in [1.54, 1.807) is 0 Å². The Labute approximate surface area is 120 Å². The van der Waals surface area contributed by atoms with Crippen molar-refractivity contribution in [2.75, 3.05) is 0 Å². The summed E-state index contributed by atoms with van der Waals surface area (Å²) in [5.74, 6) is 0.392. The molecule has 0 unspecified atom stereocenters. The molecule has 4 heteroatoms. The van der Waals surface area contributed by atoms with Crippen LogP contribution in [0.15, 0.2) is 12.1 Å². The fraction of sp³-hybridized carbons (Fsp3) is 0.625. The van der Waals surface area contributed by atoms with E-state index in [4.69, 9.17) is 9.31 Å². The summed E-state index contributed by atoms with van der Waals surface area (Å²) in [6.07, 6.45) is 2.40. The van der Waals surface area contributed by atoms with Crippen LogP contribution in [0.3, 0.4) is 0 Å². The van der Waals surface area contributed by atoms with Gasteiger partial charge in [0.05, 0.1) is 11.2 Å². The van der Waals surface area contributed by atoms with E-state index in [0.717, 1.165) is 0 Å². The van der Waals surface area contributed by atoms with Gasteiger partial charge in [0.25, 0.3) is 0 Å². The maximum absolute atomic E-state index is 14.5. The van der Waals surface area contributed by atoms with Crippen LogP contribution in [-0.4, -0.2) is 18.3 Å². The van der Waals surface area contributed by atoms with Gasteiger partial charge in [0.2, 0.25) is 0 Å². The van der Waals surface area contributed by atoms with E-state index in [-0.39, 0.29) is 5.82 Å². The smallest absolute Gasteiger partial charge is 0.399 e. The third-order valence-corrected chi connectivity index (χ3v) is 4.86. The van der Waals surface area contributed by atoms with Crippen molar-refractivity contribution in [1.29, 1.82) is 0 Å². The maximum atomic E-state index is 14.5. The number of aryl methyl sites for hydroxylation is 1. The van der Waals surface area contributed by atoms with Gasteiger partial charge in [-0.25, -0.2) is 4.39 Å². The van der Waals surface area contributed by atoms with Crippen LogP contribution in [0.25, 0.3) is 0 Å². The number of hydrogen-bond acceptors (Lipinski definition) is 2. The van der Waals surface area contributed by atoms with Crippen LogP contribution in [0.1, 0.15) is 57.6 Å². The molecule has 0 spiro atoms. The highest BCUT2D eigenvalue weighted by molar-refractivity contribution is 6.62. The van der Waals surface area contributed by atoms with Crippen molar-refractivity contribution in [2.24, 2.45) is 0 Å². The summed E-state index contributed by atoms with van der Waals surface area (Å²) in [7, 11) is -0.614. The van der Waals surface area contributed by atoms with Crippen molar-refractivity contribution in [2.45, 2.75) is 64.6 Å². The third kappa shape index (κ3) is 2.19. The van der Waals surface area contributed by atoms with Crippen LogP contribution in [0.5, 0.6) is 0 Å². The lowest BCUT2D eigenvalue weighted by atomic mass is 9.76.